The molecule has 0 spiro atoms. The van der Waals surface area contributed by atoms with E-state index in [1.54, 1.807) is 0 Å². The molecule has 1 aromatic carbocycles. The van der Waals surface area contributed by atoms with Crippen LogP contribution >= 0.6 is 0 Å². The molecule has 0 amide bonds. The van der Waals surface area contributed by atoms with Crippen molar-refractivity contribution in [3.05, 3.63) is 30.3 Å². The molecule has 0 aromatic heterocycles. The fourth-order valence-electron chi connectivity index (χ4n) is 1.26. The van der Waals surface area contributed by atoms with E-state index in [1.807, 2.05) is 44.2 Å². The zero-order valence-electron chi connectivity index (χ0n) is 9.06. The first-order chi connectivity index (χ1) is 6.99. The molecule has 0 aliphatic carbocycles. The first-order valence-electron chi connectivity index (χ1n) is 4.89. The summed E-state index contributed by atoms with van der Waals surface area (Å²) in [4.78, 5) is 10.6. The van der Waals surface area contributed by atoms with Gasteiger partial charge in [0.15, 0.2) is 0 Å². The molecule has 0 aliphatic rings. The molecular weight excluding hydrogens is 192 g/mol. The second-order valence-electron chi connectivity index (χ2n) is 4.34. The van der Waals surface area contributed by atoms with Crippen molar-refractivity contribution in [2.24, 2.45) is 5.41 Å². The maximum atomic E-state index is 10.6. The van der Waals surface area contributed by atoms with Gasteiger partial charge < -0.3 is 9.84 Å². The molecule has 0 saturated carbocycles. The lowest BCUT2D eigenvalue weighted by Crippen LogP contribution is -2.24. The summed E-state index contributed by atoms with van der Waals surface area (Å²) in [5.41, 5.74) is -0.346. The number of aliphatic carboxylic acids is 1. The van der Waals surface area contributed by atoms with Gasteiger partial charge in [-0.3, -0.25) is 4.79 Å². The minimum atomic E-state index is -0.795. The monoisotopic (exact) mass is 208 g/mol. The molecule has 0 fully saturated rings. The van der Waals surface area contributed by atoms with Crippen molar-refractivity contribution in [2.75, 3.05) is 6.61 Å². The average Bonchev–Trinajstić information content (AvgIpc) is 2.15. The number of hydrogen-bond acceptors (Lipinski definition) is 2. The molecule has 15 heavy (non-hydrogen) atoms. The van der Waals surface area contributed by atoms with Gasteiger partial charge in [-0.25, -0.2) is 0 Å². The summed E-state index contributed by atoms with van der Waals surface area (Å²) in [6, 6.07) is 9.40. The normalized spacial score (nSPS) is 11.1. The third-order valence-electron chi connectivity index (χ3n) is 2.00. The van der Waals surface area contributed by atoms with Gasteiger partial charge in [-0.15, -0.1) is 0 Å². The van der Waals surface area contributed by atoms with Gasteiger partial charge in [-0.05, 0) is 12.1 Å². The lowest BCUT2D eigenvalue weighted by molar-refractivity contribution is -0.139. The Balaban J connectivity index is 2.46. The first-order valence-corrected chi connectivity index (χ1v) is 4.89. The lowest BCUT2D eigenvalue weighted by atomic mass is 9.91. The molecule has 3 nitrogen and oxygen atoms in total. The van der Waals surface area contributed by atoms with Gasteiger partial charge in [0.05, 0.1) is 13.0 Å². The van der Waals surface area contributed by atoms with Crippen LogP contribution in [0.15, 0.2) is 30.3 Å². The molecule has 0 aliphatic heterocycles. The van der Waals surface area contributed by atoms with E-state index < -0.39 is 5.97 Å². The molecule has 3 heteroatoms. The molecule has 82 valence electrons. The maximum absolute atomic E-state index is 10.6. The Labute approximate surface area is 89.7 Å². The molecule has 0 saturated heterocycles. The summed E-state index contributed by atoms with van der Waals surface area (Å²) >= 11 is 0. The number of ether oxygens (including phenoxy) is 1. The van der Waals surface area contributed by atoms with Crippen molar-refractivity contribution in [1.82, 2.24) is 0 Å². The molecular formula is C12H16O3. The predicted molar refractivity (Wildman–Crippen MR) is 58.0 cm³/mol. The van der Waals surface area contributed by atoms with Crippen molar-refractivity contribution in [1.29, 1.82) is 0 Å². The van der Waals surface area contributed by atoms with E-state index >= 15 is 0 Å². The van der Waals surface area contributed by atoms with Crippen LogP contribution in [-0.4, -0.2) is 17.7 Å². The van der Waals surface area contributed by atoms with Crippen molar-refractivity contribution >= 4 is 5.97 Å². The quantitative estimate of drug-likeness (QED) is 0.808. The van der Waals surface area contributed by atoms with E-state index in [-0.39, 0.29) is 11.8 Å². The van der Waals surface area contributed by atoms with E-state index in [9.17, 15) is 4.79 Å². The van der Waals surface area contributed by atoms with Gasteiger partial charge in [0.25, 0.3) is 0 Å². The molecule has 0 atom stereocenters. The van der Waals surface area contributed by atoms with E-state index in [1.165, 1.54) is 0 Å². The fourth-order valence-corrected chi connectivity index (χ4v) is 1.26. The Morgan fingerprint density at radius 1 is 1.33 bits per heavy atom. The van der Waals surface area contributed by atoms with E-state index in [4.69, 9.17) is 9.84 Å². The highest BCUT2D eigenvalue weighted by Crippen LogP contribution is 2.22. The second-order valence-corrected chi connectivity index (χ2v) is 4.34. The van der Waals surface area contributed by atoms with Crippen molar-refractivity contribution in [2.45, 2.75) is 20.3 Å². The highest BCUT2D eigenvalue weighted by Gasteiger charge is 2.22. The maximum Gasteiger partial charge on any atom is 0.304 e. The summed E-state index contributed by atoms with van der Waals surface area (Å²) in [7, 11) is 0. The molecule has 0 unspecified atom stereocenters. The van der Waals surface area contributed by atoms with Crippen LogP contribution in [-0.2, 0) is 4.79 Å². The zero-order chi connectivity index (χ0) is 11.3. The van der Waals surface area contributed by atoms with Crippen molar-refractivity contribution in [3.8, 4) is 5.75 Å². The van der Waals surface area contributed by atoms with Gasteiger partial charge in [0, 0.05) is 5.41 Å². The highest BCUT2D eigenvalue weighted by atomic mass is 16.5. The van der Waals surface area contributed by atoms with Crippen LogP contribution in [0.5, 0.6) is 5.75 Å². The third kappa shape index (κ3) is 4.49. The number of carbonyl (C=O) groups is 1. The summed E-state index contributed by atoms with van der Waals surface area (Å²) in [5, 5.41) is 8.69. The Morgan fingerprint density at radius 3 is 2.47 bits per heavy atom. The van der Waals surface area contributed by atoms with E-state index in [0.29, 0.717) is 6.61 Å². The van der Waals surface area contributed by atoms with Crippen molar-refractivity contribution in [3.63, 3.8) is 0 Å². The average molecular weight is 208 g/mol. The first kappa shape index (κ1) is 11.6. The minimum Gasteiger partial charge on any atom is -0.493 e. The summed E-state index contributed by atoms with van der Waals surface area (Å²) in [6.07, 6.45) is 0.111. The minimum absolute atomic E-state index is 0.111. The number of carboxylic acids is 1. The second kappa shape index (κ2) is 4.82. The van der Waals surface area contributed by atoms with Crippen LogP contribution < -0.4 is 4.74 Å². The van der Waals surface area contributed by atoms with E-state index in [2.05, 4.69) is 0 Å². The zero-order valence-corrected chi connectivity index (χ0v) is 9.06. The molecule has 1 aromatic rings. The lowest BCUT2D eigenvalue weighted by Gasteiger charge is -2.22. The van der Waals surface area contributed by atoms with E-state index in [0.717, 1.165) is 5.75 Å². The fraction of sp³-hybridized carbons (Fsp3) is 0.417. The third-order valence-corrected chi connectivity index (χ3v) is 2.00. The van der Waals surface area contributed by atoms with Gasteiger partial charge in [0.2, 0.25) is 0 Å². The standard InChI is InChI=1S/C12H16O3/c1-12(2,8-11(13)14)9-15-10-6-4-3-5-7-10/h3-7H,8-9H2,1-2H3,(H,13,14). The Kier molecular flexibility index (Phi) is 3.72. The summed E-state index contributed by atoms with van der Waals surface area (Å²) in [6.45, 7) is 4.16. The Hall–Kier alpha value is -1.51. The van der Waals surface area contributed by atoms with Crippen LogP contribution in [0.25, 0.3) is 0 Å². The van der Waals surface area contributed by atoms with Crippen LogP contribution in [0.3, 0.4) is 0 Å². The molecule has 0 radical (unpaired) electrons. The van der Waals surface area contributed by atoms with Gasteiger partial charge >= 0.3 is 5.97 Å². The largest absolute Gasteiger partial charge is 0.493 e. The van der Waals surface area contributed by atoms with Gasteiger partial charge in [-0.1, -0.05) is 32.0 Å². The number of rotatable bonds is 5. The Morgan fingerprint density at radius 2 is 1.93 bits per heavy atom. The van der Waals surface area contributed by atoms with Crippen LogP contribution in [0.4, 0.5) is 0 Å². The molecule has 1 rings (SSSR count). The number of para-hydroxylation sites is 1. The Bertz CT molecular complexity index is 317. The van der Waals surface area contributed by atoms with Crippen LogP contribution in [0.2, 0.25) is 0 Å². The topological polar surface area (TPSA) is 46.5 Å². The van der Waals surface area contributed by atoms with Crippen LogP contribution in [0, 0.1) is 5.41 Å². The van der Waals surface area contributed by atoms with Crippen LogP contribution in [0.1, 0.15) is 20.3 Å². The summed E-state index contributed by atoms with van der Waals surface area (Å²) < 4.78 is 5.51. The number of carboxylic acid groups (broad SMARTS) is 1. The highest BCUT2D eigenvalue weighted by molar-refractivity contribution is 5.67. The van der Waals surface area contributed by atoms with Gasteiger partial charge in [0.1, 0.15) is 5.75 Å². The molecule has 1 N–H and O–H groups in total. The van der Waals surface area contributed by atoms with Crippen molar-refractivity contribution < 1.29 is 14.6 Å². The SMILES string of the molecule is CC(C)(COc1ccccc1)CC(=O)O. The molecule has 0 bridgehead atoms. The van der Waals surface area contributed by atoms with Gasteiger partial charge in [-0.2, -0.15) is 0 Å². The number of benzene rings is 1. The smallest absolute Gasteiger partial charge is 0.304 e. The molecule has 0 heterocycles. The predicted octanol–water partition coefficient (Wildman–Crippen LogP) is 2.57. The summed E-state index contributed by atoms with van der Waals surface area (Å²) in [5.74, 6) is -0.0207. The number of hydrogen-bond donors (Lipinski definition) is 1.